The van der Waals surface area contributed by atoms with Gasteiger partial charge in [-0.1, -0.05) is 35.9 Å². The van der Waals surface area contributed by atoms with Crippen molar-refractivity contribution >= 4 is 26.7 Å². The van der Waals surface area contributed by atoms with Crippen LogP contribution in [0.4, 0.5) is 0 Å². The van der Waals surface area contributed by atoms with Gasteiger partial charge in [0, 0.05) is 10.9 Å². The van der Waals surface area contributed by atoms with Crippen molar-refractivity contribution in [2.75, 3.05) is 0 Å². The third kappa shape index (κ3) is 2.17. The summed E-state index contributed by atoms with van der Waals surface area (Å²) in [6, 6.07) is 12.9. The van der Waals surface area contributed by atoms with Crippen LogP contribution in [0, 0.1) is 6.92 Å². The number of carboxylic acid groups (broad SMARTS) is 1. The maximum atomic E-state index is 12.7. The molecule has 0 amide bonds. The van der Waals surface area contributed by atoms with Crippen molar-refractivity contribution in [3.8, 4) is 0 Å². The van der Waals surface area contributed by atoms with Gasteiger partial charge in [0.15, 0.2) is 5.03 Å². The Hall–Kier alpha value is -2.60. The molecular formula is C16H13NO4S. The normalized spacial score (nSPS) is 11.7. The highest BCUT2D eigenvalue weighted by Gasteiger charge is 2.28. The zero-order valence-corrected chi connectivity index (χ0v) is 12.5. The molecule has 112 valence electrons. The fourth-order valence-corrected chi connectivity index (χ4v) is 3.81. The summed E-state index contributed by atoms with van der Waals surface area (Å²) < 4.78 is 25.5. The van der Waals surface area contributed by atoms with Crippen LogP contribution >= 0.6 is 0 Å². The summed E-state index contributed by atoms with van der Waals surface area (Å²) in [5.74, 6) is -1.27. The van der Waals surface area contributed by atoms with Crippen LogP contribution < -0.4 is 0 Å². The van der Waals surface area contributed by atoms with Gasteiger partial charge in [-0.2, -0.15) is 0 Å². The van der Waals surface area contributed by atoms with Gasteiger partial charge in [-0.05, 0) is 25.1 Å². The molecule has 5 nitrogen and oxygen atoms in total. The van der Waals surface area contributed by atoms with Crippen LogP contribution in [0.1, 0.15) is 15.9 Å². The number of benzene rings is 2. The number of para-hydroxylation sites is 1. The molecule has 0 saturated heterocycles. The van der Waals surface area contributed by atoms with E-state index in [4.69, 9.17) is 0 Å². The number of rotatable bonds is 3. The number of aromatic amines is 1. The highest BCUT2D eigenvalue weighted by Crippen LogP contribution is 2.30. The quantitative estimate of drug-likeness (QED) is 0.778. The van der Waals surface area contributed by atoms with Gasteiger partial charge in [0.25, 0.3) is 0 Å². The second-order valence-corrected chi connectivity index (χ2v) is 6.88. The lowest BCUT2D eigenvalue weighted by atomic mass is 10.2. The number of hydrogen-bond acceptors (Lipinski definition) is 3. The molecule has 0 aliphatic heterocycles. The molecule has 0 fully saturated rings. The second kappa shape index (κ2) is 4.99. The minimum Gasteiger partial charge on any atom is -0.478 e. The topological polar surface area (TPSA) is 87.2 Å². The van der Waals surface area contributed by atoms with Gasteiger partial charge in [0.1, 0.15) is 5.56 Å². The summed E-state index contributed by atoms with van der Waals surface area (Å²) in [6.07, 6.45) is 0. The molecule has 0 radical (unpaired) electrons. The molecule has 2 N–H and O–H groups in total. The predicted octanol–water partition coefficient (Wildman–Crippen LogP) is 3.01. The minimum atomic E-state index is -3.93. The summed E-state index contributed by atoms with van der Waals surface area (Å²) in [5, 5.41) is 9.51. The van der Waals surface area contributed by atoms with Crippen LogP contribution in [0.2, 0.25) is 0 Å². The van der Waals surface area contributed by atoms with E-state index in [2.05, 4.69) is 4.98 Å². The van der Waals surface area contributed by atoms with Crippen LogP contribution in [0.3, 0.4) is 0 Å². The number of aromatic carboxylic acids is 1. The first kappa shape index (κ1) is 14.3. The van der Waals surface area contributed by atoms with Gasteiger partial charge in [-0.3, -0.25) is 0 Å². The van der Waals surface area contributed by atoms with E-state index in [0.29, 0.717) is 10.9 Å². The minimum absolute atomic E-state index is 0.0622. The Kier molecular flexibility index (Phi) is 3.26. The van der Waals surface area contributed by atoms with Crippen molar-refractivity contribution in [2.24, 2.45) is 0 Å². The summed E-state index contributed by atoms with van der Waals surface area (Å²) in [5.41, 5.74) is 1.18. The standard InChI is InChI=1S/C16H13NO4S/c1-10-6-8-11(9-7-10)22(20,21)15-14(16(18)19)12-4-2-3-5-13(12)17-15/h2-9,17H,1H3,(H,18,19). The molecule has 0 unspecified atom stereocenters. The van der Waals surface area contributed by atoms with Crippen molar-refractivity contribution in [1.82, 2.24) is 4.98 Å². The van der Waals surface area contributed by atoms with E-state index in [0.717, 1.165) is 5.56 Å². The molecule has 0 bridgehead atoms. The van der Waals surface area contributed by atoms with Gasteiger partial charge in [-0.15, -0.1) is 0 Å². The number of carboxylic acids is 1. The van der Waals surface area contributed by atoms with Crippen LogP contribution in [-0.4, -0.2) is 24.5 Å². The van der Waals surface area contributed by atoms with E-state index in [1.54, 1.807) is 36.4 Å². The zero-order valence-electron chi connectivity index (χ0n) is 11.7. The summed E-state index contributed by atoms with van der Waals surface area (Å²) in [7, 11) is -3.93. The SMILES string of the molecule is Cc1ccc(S(=O)(=O)c2[nH]c3ccccc3c2C(=O)O)cc1. The molecule has 1 aromatic heterocycles. The Labute approximate surface area is 127 Å². The summed E-state index contributed by atoms with van der Waals surface area (Å²) in [6.45, 7) is 1.85. The van der Waals surface area contributed by atoms with Crippen LogP contribution in [0.25, 0.3) is 10.9 Å². The molecule has 0 atom stereocenters. The Morgan fingerprint density at radius 3 is 2.32 bits per heavy atom. The molecule has 0 aliphatic rings. The Balaban J connectivity index is 2.31. The molecule has 0 saturated carbocycles. The zero-order chi connectivity index (χ0) is 15.9. The van der Waals surface area contributed by atoms with Crippen LogP contribution in [0.5, 0.6) is 0 Å². The number of carbonyl (C=O) groups is 1. The first-order valence-electron chi connectivity index (χ1n) is 6.57. The number of fused-ring (bicyclic) bond motifs is 1. The van der Waals surface area contributed by atoms with Gasteiger partial charge < -0.3 is 10.1 Å². The third-order valence-corrected chi connectivity index (χ3v) is 5.22. The summed E-state index contributed by atoms with van der Waals surface area (Å²) >= 11 is 0. The Bertz CT molecular complexity index is 969. The Morgan fingerprint density at radius 2 is 1.68 bits per heavy atom. The monoisotopic (exact) mass is 315 g/mol. The fraction of sp³-hybridized carbons (Fsp3) is 0.0625. The smallest absolute Gasteiger partial charge is 0.339 e. The van der Waals surface area contributed by atoms with E-state index in [1.165, 1.54) is 12.1 Å². The molecular weight excluding hydrogens is 302 g/mol. The number of hydrogen-bond donors (Lipinski definition) is 2. The number of sulfone groups is 1. The lowest BCUT2D eigenvalue weighted by molar-refractivity contribution is 0.0695. The average Bonchev–Trinajstić information content (AvgIpc) is 2.88. The largest absolute Gasteiger partial charge is 0.478 e. The predicted molar refractivity (Wildman–Crippen MR) is 81.9 cm³/mol. The number of aryl methyl sites for hydroxylation is 1. The highest BCUT2D eigenvalue weighted by atomic mass is 32.2. The molecule has 3 rings (SSSR count). The van der Waals surface area contributed by atoms with E-state index >= 15 is 0 Å². The van der Waals surface area contributed by atoms with E-state index < -0.39 is 15.8 Å². The Morgan fingerprint density at radius 1 is 1.05 bits per heavy atom. The van der Waals surface area contributed by atoms with Crippen molar-refractivity contribution < 1.29 is 18.3 Å². The van der Waals surface area contributed by atoms with Crippen molar-refractivity contribution in [2.45, 2.75) is 16.8 Å². The third-order valence-electron chi connectivity index (χ3n) is 3.49. The molecule has 22 heavy (non-hydrogen) atoms. The molecule has 1 heterocycles. The number of nitrogens with one attached hydrogen (secondary N) is 1. The summed E-state index contributed by atoms with van der Waals surface area (Å²) in [4.78, 5) is 14.3. The molecule has 0 spiro atoms. The van der Waals surface area contributed by atoms with Gasteiger partial charge in [-0.25, -0.2) is 13.2 Å². The van der Waals surface area contributed by atoms with E-state index in [1.807, 2.05) is 6.92 Å². The number of aromatic nitrogens is 1. The van der Waals surface area contributed by atoms with Crippen LogP contribution in [-0.2, 0) is 9.84 Å². The fourth-order valence-electron chi connectivity index (χ4n) is 2.37. The highest BCUT2D eigenvalue weighted by molar-refractivity contribution is 7.91. The first-order chi connectivity index (χ1) is 10.4. The van der Waals surface area contributed by atoms with E-state index in [9.17, 15) is 18.3 Å². The average molecular weight is 315 g/mol. The molecule has 0 aliphatic carbocycles. The first-order valence-corrected chi connectivity index (χ1v) is 8.05. The molecule has 2 aromatic carbocycles. The number of H-pyrrole nitrogens is 1. The molecule has 6 heteroatoms. The lowest BCUT2D eigenvalue weighted by Crippen LogP contribution is -2.08. The van der Waals surface area contributed by atoms with Crippen molar-refractivity contribution in [3.05, 3.63) is 59.7 Å². The maximum Gasteiger partial charge on any atom is 0.339 e. The van der Waals surface area contributed by atoms with Gasteiger partial charge in [0.05, 0.1) is 4.90 Å². The lowest BCUT2D eigenvalue weighted by Gasteiger charge is -2.04. The maximum absolute atomic E-state index is 12.7. The van der Waals surface area contributed by atoms with Crippen molar-refractivity contribution in [3.63, 3.8) is 0 Å². The van der Waals surface area contributed by atoms with Crippen molar-refractivity contribution in [1.29, 1.82) is 0 Å². The second-order valence-electron chi connectivity index (χ2n) is 5.00. The van der Waals surface area contributed by atoms with Gasteiger partial charge >= 0.3 is 5.97 Å². The molecule has 3 aromatic rings. The van der Waals surface area contributed by atoms with E-state index in [-0.39, 0.29) is 15.5 Å². The van der Waals surface area contributed by atoms with Gasteiger partial charge in [0.2, 0.25) is 9.84 Å². The van der Waals surface area contributed by atoms with Crippen LogP contribution in [0.15, 0.2) is 58.5 Å².